The first-order valence-corrected chi connectivity index (χ1v) is 6.80. The van der Waals surface area contributed by atoms with E-state index in [1.807, 2.05) is 13.8 Å². The average molecular weight is 295 g/mol. The van der Waals surface area contributed by atoms with Gasteiger partial charge in [-0.15, -0.1) is 0 Å². The Bertz CT molecular complexity index is 577. The molecule has 21 heavy (non-hydrogen) atoms. The molecule has 3 N–H and O–H groups in total. The highest BCUT2D eigenvalue weighted by Gasteiger charge is 2.18. The minimum atomic E-state index is -0.569. The first kappa shape index (κ1) is 15.5. The van der Waals surface area contributed by atoms with Crippen LogP contribution in [0.4, 0.5) is 8.78 Å². The molecule has 1 aromatic carbocycles. The van der Waals surface area contributed by atoms with Crippen LogP contribution in [0.2, 0.25) is 0 Å². The van der Waals surface area contributed by atoms with E-state index in [9.17, 15) is 8.78 Å². The molecule has 0 amide bonds. The molecule has 1 heterocycles. The van der Waals surface area contributed by atoms with Crippen molar-refractivity contribution < 1.29 is 8.78 Å². The van der Waals surface area contributed by atoms with E-state index >= 15 is 0 Å². The zero-order chi connectivity index (χ0) is 15.4. The van der Waals surface area contributed by atoms with E-state index in [2.05, 4.69) is 15.5 Å². The monoisotopic (exact) mass is 295 g/mol. The highest BCUT2D eigenvalue weighted by Crippen LogP contribution is 2.16. The summed E-state index contributed by atoms with van der Waals surface area (Å²) in [5.74, 6) is 5.10. The molecule has 0 saturated carbocycles. The van der Waals surface area contributed by atoms with E-state index in [0.29, 0.717) is 6.42 Å². The van der Waals surface area contributed by atoms with Crippen molar-refractivity contribution in [2.45, 2.75) is 38.8 Å². The Balaban J connectivity index is 2.15. The van der Waals surface area contributed by atoms with E-state index in [4.69, 9.17) is 5.84 Å². The number of hydrogen-bond acceptors (Lipinski definition) is 4. The normalized spacial score (nSPS) is 12.9. The van der Waals surface area contributed by atoms with Gasteiger partial charge in [-0.1, -0.05) is 6.07 Å². The molecule has 0 aliphatic carbocycles. The number of hydrogen-bond donors (Lipinski definition) is 2. The Hall–Kier alpha value is -1.86. The number of nitrogens with one attached hydrogen (secondary N) is 1. The fourth-order valence-electron chi connectivity index (χ4n) is 2.24. The molecule has 1 aromatic heterocycles. The fraction of sp³-hybridized carbons (Fsp3) is 0.429. The molecule has 7 heteroatoms. The molecular weight excluding hydrogens is 276 g/mol. The van der Waals surface area contributed by atoms with Crippen LogP contribution in [0, 0.1) is 11.6 Å². The van der Waals surface area contributed by atoms with Gasteiger partial charge in [-0.3, -0.25) is 11.3 Å². The van der Waals surface area contributed by atoms with Crippen LogP contribution in [0.3, 0.4) is 0 Å². The van der Waals surface area contributed by atoms with Crippen LogP contribution in [-0.2, 0) is 12.8 Å². The van der Waals surface area contributed by atoms with Crippen LogP contribution in [-0.4, -0.2) is 20.8 Å². The summed E-state index contributed by atoms with van der Waals surface area (Å²) in [4.78, 5) is 4.18. The molecule has 0 fully saturated rings. The highest BCUT2D eigenvalue weighted by molar-refractivity contribution is 5.21. The van der Waals surface area contributed by atoms with Crippen molar-refractivity contribution in [1.29, 1.82) is 0 Å². The van der Waals surface area contributed by atoms with E-state index in [0.717, 1.165) is 5.82 Å². The van der Waals surface area contributed by atoms with Gasteiger partial charge in [0.15, 0.2) is 0 Å². The van der Waals surface area contributed by atoms with E-state index in [1.54, 1.807) is 4.68 Å². The molecule has 1 atom stereocenters. The third-order valence-corrected chi connectivity index (χ3v) is 3.31. The maximum atomic E-state index is 13.7. The van der Waals surface area contributed by atoms with Gasteiger partial charge >= 0.3 is 0 Å². The van der Waals surface area contributed by atoms with Crippen molar-refractivity contribution in [3.8, 4) is 0 Å². The predicted octanol–water partition coefficient (Wildman–Crippen LogP) is 1.75. The molecule has 0 aliphatic heterocycles. The number of aromatic nitrogens is 3. The number of rotatable bonds is 6. The summed E-state index contributed by atoms with van der Waals surface area (Å²) in [6, 6.07) is 3.64. The lowest BCUT2D eigenvalue weighted by molar-refractivity contribution is 0.446. The van der Waals surface area contributed by atoms with Crippen LogP contribution in [0.25, 0.3) is 0 Å². The molecule has 2 rings (SSSR count). The van der Waals surface area contributed by atoms with Gasteiger partial charge in [0.25, 0.3) is 0 Å². The maximum absolute atomic E-state index is 13.7. The Labute approximate surface area is 122 Å². The topological polar surface area (TPSA) is 68.8 Å². The summed E-state index contributed by atoms with van der Waals surface area (Å²) in [5, 5.41) is 4.13. The summed E-state index contributed by atoms with van der Waals surface area (Å²) in [6.45, 7) is 3.97. The first-order chi connectivity index (χ1) is 10.0. The van der Waals surface area contributed by atoms with E-state index in [-0.39, 0.29) is 24.1 Å². The molecular formula is C14H19F2N5. The van der Waals surface area contributed by atoms with Gasteiger partial charge in [-0.05, 0) is 32.4 Å². The first-order valence-electron chi connectivity index (χ1n) is 6.80. The third-order valence-electron chi connectivity index (χ3n) is 3.31. The lowest BCUT2D eigenvalue weighted by Crippen LogP contribution is -2.39. The third kappa shape index (κ3) is 3.62. The molecule has 1 unspecified atom stereocenters. The standard InChI is InChI=1S/C14H19F2N5/c1-9(2)21-14(18-8-19-21)7-10(20-17)6-11-12(15)4-3-5-13(11)16/h3-5,8-10,20H,6-7,17H2,1-2H3. The molecule has 2 aromatic rings. The molecule has 0 radical (unpaired) electrons. The second-order valence-corrected chi connectivity index (χ2v) is 5.19. The number of nitrogens with two attached hydrogens (primary N) is 1. The van der Waals surface area contributed by atoms with Gasteiger partial charge < -0.3 is 0 Å². The van der Waals surface area contributed by atoms with Crippen LogP contribution >= 0.6 is 0 Å². The van der Waals surface area contributed by atoms with Crippen molar-refractivity contribution in [3.05, 3.63) is 47.5 Å². The summed E-state index contributed by atoms with van der Waals surface area (Å²) < 4.78 is 29.1. The molecule has 0 aliphatic rings. The summed E-state index contributed by atoms with van der Waals surface area (Å²) in [5.41, 5.74) is 2.62. The van der Waals surface area contributed by atoms with Crippen LogP contribution < -0.4 is 11.3 Å². The maximum Gasteiger partial charge on any atom is 0.138 e. The summed E-state index contributed by atoms with van der Waals surface area (Å²) in [6.07, 6.45) is 2.04. The Morgan fingerprint density at radius 3 is 2.48 bits per heavy atom. The van der Waals surface area contributed by atoms with Crippen LogP contribution in [0.5, 0.6) is 0 Å². The summed E-state index contributed by atoms with van der Waals surface area (Å²) >= 11 is 0. The molecule has 0 spiro atoms. The summed E-state index contributed by atoms with van der Waals surface area (Å²) in [7, 11) is 0. The molecule has 0 bridgehead atoms. The van der Waals surface area contributed by atoms with Crippen molar-refractivity contribution in [1.82, 2.24) is 20.2 Å². The van der Waals surface area contributed by atoms with Crippen molar-refractivity contribution >= 4 is 0 Å². The number of nitrogens with zero attached hydrogens (tertiary/aromatic N) is 3. The average Bonchev–Trinajstić information content (AvgIpc) is 2.90. The Kier molecular flexibility index (Phi) is 4.98. The molecule has 114 valence electrons. The van der Waals surface area contributed by atoms with Gasteiger partial charge in [0, 0.05) is 24.1 Å². The number of hydrazine groups is 1. The highest BCUT2D eigenvalue weighted by atomic mass is 19.1. The second kappa shape index (κ2) is 6.73. The van der Waals surface area contributed by atoms with Crippen molar-refractivity contribution in [2.75, 3.05) is 0 Å². The van der Waals surface area contributed by atoms with E-state index < -0.39 is 11.6 Å². The molecule has 0 saturated heterocycles. The minimum absolute atomic E-state index is 0.0241. The SMILES string of the molecule is CC(C)n1ncnc1CC(Cc1c(F)cccc1F)NN. The Morgan fingerprint density at radius 2 is 1.90 bits per heavy atom. The zero-order valence-electron chi connectivity index (χ0n) is 12.1. The van der Waals surface area contributed by atoms with Crippen molar-refractivity contribution in [3.63, 3.8) is 0 Å². The predicted molar refractivity (Wildman–Crippen MR) is 75.3 cm³/mol. The van der Waals surface area contributed by atoms with Gasteiger partial charge in [0.2, 0.25) is 0 Å². The second-order valence-electron chi connectivity index (χ2n) is 5.19. The largest absolute Gasteiger partial charge is 0.271 e. The quantitative estimate of drug-likeness (QED) is 0.629. The zero-order valence-corrected chi connectivity index (χ0v) is 12.1. The number of halogens is 2. The van der Waals surface area contributed by atoms with Gasteiger partial charge in [0.1, 0.15) is 23.8 Å². The Morgan fingerprint density at radius 1 is 1.24 bits per heavy atom. The van der Waals surface area contributed by atoms with Gasteiger partial charge in [-0.25, -0.2) is 18.4 Å². The van der Waals surface area contributed by atoms with Gasteiger partial charge in [0.05, 0.1) is 0 Å². The molecule has 5 nitrogen and oxygen atoms in total. The van der Waals surface area contributed by atoms with E-state index in [1.165, 1.54) is 24.5 Å². The minimum Gasteiger partial charge on any atom is -0.271 e. The van der Waals surface area contributed by atoms with Crippen molar-refractivity contribution in [2.24, 2.45) is 5.84 Å². The van der Waals surface area contributed by atoms with Crippen LogP contribution in [0.15, 0.2) is 24.5 Å². The fourth-order valence-corrected chi connectivity index (χ4v) is 2.24. The van der Waals surface area contributed by atoms with Crippen LogP contribution in [0.1, 0.15) is 31.3 Å². The lowest BCUT2D eigenvalue weighted by atomic mass is 10.0. The lowest BCUT2D eigenvalue weighted by Gasteiger charge is -2.17. The smallest absolute Gasteiger partial charge is 0.138 e. The number of benzene rings is 1. The van der Waals surface area contributed by atoms with Gasteiger partial charge in [-0.2, -0.15) is 5.10 Å².